The Kier molecular flexibility index (Phi) is 3.26. The molecule has 18 heavy (non-hydrogen) atoms. The lowest BCUT2D eigenvalue weighted by Crippen LogP contribution is -2.14. The molecule has 0 radical (unpaired) electrons. The third-order valence-corrected chi connectivity index (χ3v) is 4.11. The van der Waals surface area contributed by atoms with Gasteiger partial charge in [0.25, 0.3) is 10.0 Å². The molecule has 0 fully saturated rings. The van der Waals surface area contributed by atoms with Crippen molar-refractivity contribution in [3.05, 3.63) is 34.9 Å². The van der Waals surface area contributed by atoms with Gasteiger partial charge < -0.3 is 10.3 Å². The lowest BCUT2D eigenvalue weighted by Gasteiger charge is -2.08. The lowest BCUT2D eigenvalue weighted by atomic mass is 10.3. The molecule has 0 spiro atoms. The van der Waals surface area contributed by atoms with Gasteiger partial charge in [-0.1, -0.05) is 5.16 Å². The highest BCUT2D eigenvalue weighted by Gasteiger charge is 2.21. The van der Waals surface area contributed by atoms with Gasteiger partial charge in [0, 0.05) is 10.2 Å². The third-order valence-electron chi connectivity index (χ3n) is 2.03. The van der Waals surface area contributed by atoms with Gasteiger partial charge in [0.15, 0.2) is 0 Å². The van der Waals surface area contributed by atoms with Gasteiger partial charge >= 0.3 is 0 Å². The van der Waals surface area contributed by atoms with Crippen LogP contribution in [0, 0.1) is 5.82 Å². The Morgan fingerprint density at radius 2 is 2.17 bits per heavy atom. The summed E-state index contributed by atoms with van der Waals surface area (Å²) in [6, 6.07) is 2.01. The first-order valence-electron chi connectivity index (χ1n) is 4.57. The Hall–Kier alpha value is -1.61. The zero-order valence-corrected chi connectivity index (χ0v) is 11.1. The second-order valence-electron chi connectivity index (χ2n) is 3.32. The molecule has 1 aromatic heterocycles. The summed E-state index contributed by atoms with van der Waals surface area (Å²) in [6.45, 7) is 0. The van der Waals surface area contributed by atoms with Crippen molar-refractivity contribution in [3.8, 4) is 0 Å². The van der Waals surface area contributed by atoms with Crippen LogP contribution < -0.4 is 10.5 Å². The van der Waals surface area contributed by atoms with Crippen LogP contribution in [0.1, 0.15) is 0 Å². The topological polar surface area (TPSA) is 98.2 Å². The van der Waals surface area contributed by atoms with E-state index in [0.29, 0.717) is 0 Å². The molecular weight excluding hydrogens is 329 g/mol. The van der Waals surface area contributed by atoms with Crippen LogP contribution in [-0.2, 0) is 10.0 Å². The second kappa shape index (κ2) is 4.58. The van der Waals surface area contributed by atoms with Crippen LogP contribution in [0.2, 0.25) is 0 Å². The van der Waals surface area contributed by atoms with Crippen molar-refractivity contribution in [2.45, 2.75) is 4.90 Å². The van der Waals surface area contributed by atoms with Crippen LogP contribution in [0.3, 0.4) is 0 Å². The predicted octanol–water partition coefficient (Wildman–Crippen LogP) is 1.96. The molecule has 1 heterocycles. The molecule has 0 bridgehead atoms. The Morgan fingerprint density at radius 1 is 1.44 bits per heavy atom. The Balaban J connectivity index is 2.44. The van der Waals surface area contributed by atoms with E-state index in [9.17, 15) is 12.8 Å². The number of nitrogens with two attached hydrogens (primary N) is 1. The molecule has 0 aliphatic heterocycles. The number of aromatic nitrogens is 1. The molecule has 6 nitrogen and oxygen atoms in total. The summed E-state index contributed by atoms with van der Waals surface area (Å²) in [5.41, 5.74) is 5.73. The predicted molar refractivity (Wildman–Crippen MR) is 65.8 cm³/mol. The first-order valence-corrected chi connectivity index (χ1v) is 6.84. The minimum Gasteiger partial charge on any atom is -0.398 e. The molecule has 3 N–H and O–H groups in total. The van der Waals surface area contributed by atoms with E-state index in [1.165, 1.54) is 0 Å². The minimum absolute atomic E-state index is 0.0934. The SMILES string of the molecule is Nc1cc(S(=O)(=O)Nc2cnoc2)c(F)cc1Br. The van der Waals surface area contributed by atoms with E-state index in [1.807, 2.05) is 0 Å². The van der Waals surface area contributed by atoms with Crippen LogP contribution in [-0.4, -0.2) is 13.6 Å². The fourth-order valence-electron chi connectivity index (χ4n) is 1.22. The van der Waals surface area contributed by atoms with Gasteiger partial charge in [0.1, 0.15) is 22.7 Å². The van der Waals surface area contributed by atoms with E-state index in [0.717, 1.165) is 24.6 Å². The van der Waals surface area contributed by atoms with E-state index < -0.39 is 20.7 Å². The highest BCUT2D eigenvalue weighted by atomic mass is 79.9. The maximum absolute atomic E-state index is 13.6. The highest BCUT2D eigenvalue weighted by molar-refractivity contribution is 9.10. The van der Waals surface area contributed by atoms with Crippen molar-refractivity contribution in [2.24, 2.45) is 0 Å². The van der Waals surface area contributed by atoms with Crippen molar-refractivity contribution < 1.29 is 17.3 Å². The zero-order chi connectivity index (χ0) is 13.3. The number of rotatable bonds is 3. The molecular formula is C9H7BrFN3O3S. The average Bonchev–Trinajstić information content (AvgIpc) is 2.75. The molecule has 1 aromatic carbocycles. The number of halogens is 2. The molecule has 0 saturated carbocycles. The second-order valence-corrected chi connectivity index (χ2v) is 5.83. The number of nitrogens with zero attached hydrogens (tertiary/aromatic N) is 1. The number of nitrogens with one attached hydrogen (secondary N) is 1. The average molecular weight is 336 g/mol. The summed E-state index contributed by atoms with van der Waals surface area (Å²) < 4.78 is 44.3. The number of anilines is 2. The summed E-state index contributed by atoms with van der Waals surface area (Å²) in [6.07, 6.45) is 2.23. The molecule has 96 valence electrons. The van der Waals surface area contributed by atoms with Crippen molar-refractivity contribution in [3.63, 3.8) is 0 Å². The van der Waals surface area contributed by atoms with Crippen LogP contribution in [0.5, 0.6) is 0 Å². The van der Waals surface area contributed by atoms with Gasteiger partial charge in [-0.3, -0.25) is 4.72 Å². The van der Waals surface area contributed by atoms with Gasteiger partial charge in [-0.15, -0.1) is 0 Å². The fraction of sp³-hybridized carbons (Fsp3) is 0. The van der Waals surface area contributed by atoms with E-state index in [4.69, 9.17) is 5.73 Å². The number of sulfonamides is 1. The fourth-order valence-corrected chi connectivity index (χ4v) is 2.65. The molecule has 0 saturated heterocycles. The van der Waals surface area contributed by atoms with Crippen molar-refractivity contribution in [1.82, 2.24) is 5.16 Å². The van der Waals surface area contributed by atoms with E-state index in [2.05, 4.69) is 30.3 Å². The summed E-state index contributed by atoms with van der Waals surface area (Å²) in [5.74, 6) is -0.917. The van der Waals surface area contributed by atoms with Gasteiger partial charge in [0.05, 0.1) is 6.20 Å². The number of benzene rings is 1. The molecule has 2 aromatic rings. The van der Waals surface area contributed by atoms with Crippen molar-refractivity contribution in [2.75, 3.05) is 10.5 Å². The first-order chi connectivity index (χ1) is 8.40. The third kappa shape index (κ3) is 2.46. The molecule has 2 rings (SSSR count). The Morgan fingerprint density at radius 3 is 2.78 bits per heavy atom. The summed E-state index contributed by atoms with van der Waals surface area (Å²) >= 11 is 3.00. The normalized spacial score (nSPS) is 11.4. The molecule has 0 amide bonds. The monoisotopic (exact) mass is 335 g/mol. The number of nitrogen functional groups attached to an aromatic ring is 1. The number of hydrogen-bond acceptors (Lipinski definition) is 5. The van der Waals surface area contributed by atoms with Gasteiger partial charge in [-0.25, -0.2) is 12.8 Å². The summed E-state index contributed by atoms with van der Waals surface area (Å²) in [7, 11) is -4.08. The molecule has 9 heteroatoms. The summed E-state index contributed by atoms with van der Waals surface area (Å²) in [4.78, 5) is -0.551. The first kappa shape index (κ1) is 12.8. The lowest BCUT2D eigenvalue weighted by molar-refractivity contribution is 0.420. The standard InChI is InChI=1S/C9H7BrFN3O3S/c10-6-1-7(11)9(2-8(6)12)18(15,16)14-5-3-13-17-4-5/h1-4,14H,12H2. The molecule has 0 atom stereocenters. The van der Waals surface area contributed by atoms with Crippen LogP contribution in [0.4, 0.5) is 15.8 Å². The van der Waals surface area contributed by atoms with E-state index in [1.54, 1.807) is 0 Å². The van der Waals surface area contributed by atoms with Crippen molar-refractivity contribution >= 4 is 37.3 Å². The van der Waals surface area contributed by atoms with Gasteiger partial charge in [-0.05, 0) is 28.1 Å². The van der Waals surface area contributed by atoms with Crippen LogP contribution >= 0.6 is 15.9 Å². The Labute approximate surface area is 110 Å². The summed E-state index contributed by atoms with van der Waals surface area (Å²) in [5, 5.41) is 3.33. The maximum atomic E-state index is 13.6. The van der Waals surface area contributed by atoms with Crippen LogP contribution in [0.25, 0.3) is 0 Å². The minimum atomic E-state index is -4.08. The largest absolute Gasteiger partial charge is 0.398 e. The van der Waals surface area contributed by atoms with Crippen molar-refractivity contribution in [1.29, 1.82) is 0 Å². The molecule has 0 aliphatic carbocycles. The number of hydrogen-bond donors (Lipinski definition) is 2. The maximum Gasteiger partial charge on any atom is 0.265 e. The smallest absolute Gasteiger partial charge is 0.265 e. The van der Waals surface area contributed by atoms with Gasteiger partial charge in [-0.2, -0.15) is 0 Å². The quantitative estimate of drug-likeness (QED) is 0.835. The van der Waals surface area contributed by atoms with E-state index in [-0.39, 0.29) is 15.8 Å². The van der Waals surface area contributed by atoms with E-state index >= 15 is 0 Å². The van der Waals surface area contributed by atoms with Crippen LogP contribution in [0.15, 0.2) is 38.5 Å². The molecule has 0 unspecified atom stereocenters. The Bertz CT molecular complexity index is 673. The molecule has 0 aliphatic rings. The highest BCUT2D eigenvalue weighted by Crippen LogP contribution is 2.27. The van der Waals surface area contributed by atoms with Gasteiger partial charge in [0.2, 0.25) is 0 Å². The zero-order valence-electron chi connectivity index (χ0n) is 8.72.